The molecule has 0 aliphatic carbocycles. The molecule has 4 heteroatoms. The monoisotopic (exact) mass is 252 g/mol. The van der Waals surface area contributed by atoms with Crippen molar-refractivity contribution in [1.29, 1.82) is 0 Å². The molecule has 2 atom stereocenters. The Morgan fingerprint density at radius 2 is 2.22 bits per heavy atom. The minimum Gasteiger partial charge on any atom is -0.350 e. The second kappa shape index (κ2) is 7.11. The molecule has 0 saturated carbocycles. The zero-order chi connectivity index (χ0) is 13.5. The van der Waals surface area contributed by atoms with E-state index in [0.717, 1.165) is 18.4 Å². The summed E-state index contributed by atoms with van der Waals surface area (Å²) in [6.07, 6.45) is 2.11. The fraction of sp³-hybridized carbons (Fsp3) is 0.500. The number of amides is 1. The molecule has 1 rings (SSSR count). The molecule has 100 valence electrons. The number of rotatable bonds is 6. The maximum atomic E-state index is 13.0. The number of nitrogens with one attached hydrogen (secondary N) is 1. The maximum Gasteiger partial charge on any atom is 0.222 e. The topological polar surface area (TPSA) is 55.1 Å². The van der Waals surface area contributed by atoms with Crippen molar-refractivity contribution in [3.05, 3.63) is 35.6 Å². The molecule has 0 saturated heterocycles. The average molecular weight is 252 g/mol. The second-order valence-electron chi connectivity index (χ2n) is 4.60. The third-order valence-electron chi connectivity index (χ3n) is 2.83. The first-order chi connectivity index (χ1) is 8.52. The average Bonchev–Trinajstić information content (AvgIpc) is 2.28. The predicted octanol–water partition coefficient (Wildman–Crippen LogP) is 2.52. The van der Waals surface area contributed by atoms with Gasteiger partial charge in [-0.25, -0.2) is 4.39 Å². The summed E-state index contributed by atoms with van der Waals surface area (Å²) < 4.78 is 13.0. The van der Waals surface area contributed by atoms with Gasteiger partial charge in [-0.15, -0.1) is 0 Å². The van der Waals surface area contributed by atoms with Crippen molar-refractivity contribution in [2.75, 3.05) is 0 Å². The van der Waals surface area contributed by atoms with Crippen LogP contribution in [-0.2, 0) is 4.79 Å². The van der Waals surface area contributed by atoms with E-state index in [1.807, 2.05) is 13.8 Å². The summed E-state index contributed by atoms with van der Waals surface area (Å²) in [7, 11) is 0. The van der Waals surface area contributed by atoms with E-state index in [1.54, 1.807) is 12.1 Å². The summed E-state index contributed by atoms with van der Waals surface area (Å²) in [6.45, 7) is 3.87. The van der Waals surface area contributed by atoms with Gasteiger partial charge in [0.2, 0.25) is 5.91 Å². The number of halogens is 1. The van der Waals surface area contributed by atoms with Crippen LogP contribution in [0.4, 0.5) is 4.39 Å². The van der Waals surface area contributed by atoms with Gasteiger partial charge in [0.1, 0.15) is 5.82 Å². The summed E-state index contributed by atoms with van der Waals surface area (Å²) in [5.74, 6) is -0.385. The quantitative estimate of drug-likeness (QED) is 0.817. The normalized spacial score (nSPS) is 14.0. The predicted molar refractivity (Wildman–Crippen MR) is 70.5 cm³/mol. The van der Waals surface area contributed by atoms with Crippen molar-refractivity contribution in [3.63, 3.8) is 0 Å². The van der Waals surface area contributed by atoms with E-state index < -0.39 is 0 Å². The highest BCUT2D eigenvalue weighted by molar-refractivity contribution is 5.77. The van der Waals surface area contributed by atoms with Crippen LogP contribution >= 0.6 is 0 Å². The molecule has 1 aromatic carbocycles. The van der Waals surface area contributed by atoms with Gasteiger partial charge >= 0.3 is 0 Å². The first-order valence-corrected chi connectivity index (χ1v) is 6.33. The first kappa shape index (κ1) is 14.6. The van der Waals surface area contributed by atoms with Crippen molar-refractivity contribution in [1.82, 2.24) is 5.32 Å². The Hall–Kier alpha value is -1.42. The van der Waals surface area contributed by atoms with Crippen LogP contribution in [0.2, 0.25) is 0 Å². The van der Waals surface area contributed by atoms with E-state index in [2.05, 4.69) is 5.32 Å². The van der Waals surface area contributed by atoms with Crippen molar-refractivity contribution in [2.45, 2.75) is 45.2 Å². The van der Waals surface area contributed by atoms with Gasteiger partial charge in [-0.2, -0.15) is 0 Å². The van der Waals surface area contributed by atoms with Gasteiger partial charge in [0, 0.05) is 12.5 Å². The molecule has 0 aliphatic rings. The lowest BCUT2D eigenvalue weighted by Gasteiger charge is -2.16. The molecule has 0 aliphatic heterocycles. The van der Waals surface area contributed by atoms with Crippen LogP contribution in [0.15, 0.2) is 24.3 Å². The lowest BCUT2D eigenvalue weighted by molar-refractivity contribution is -0.122. The van der Waals surface area contributed by atoms with Gasteiger partial charge < -0.3 is 11.1 Å². The van der Waals surface area contributed by atoms with Gasteiger partial charge in [0.05, 0.1) is 6.04 Å². The molecule has 0 radical (unpaired) electrons. The van der Waals surface area contributed by atoms with E-state index in [4.69, 9.17) is 5.73 Å². The summed E-state index contributed by atoms with van der Waals surface area (Å²) in [5.41, 5.74) is 6.56. The van der Waals surface area contributed by atoms with Crippen LogP contribution in [0.25, 0.3) is 0 Å². The maximum absolute atomic E-state index is 13.0. The van der Waals surface area contributed by atoms with Crippen molar-refractivity contribution < 1.29 is 9.18 Å². The van der Waals surface area contributed by atoms with Crippen LogP contribution in [-0.4, -0.2) is 11.9 Å². The highest BCUT2D eigenvalue weighted by Gasteiger charge is 2.13. The van der Waals surface area contributed by atoms with Crippen LogP contribution < -0.4 is 11.1 Å². The third kappa shape index (κ3) is 4.84. The molecule has 3 N–H and O–H groups in total. The number of carbonyl (C=O) groups excluding carboxylic acids is 1. The summed E-state index contributed by atoms with van der Waals surface area (Å²) >= 11 is 0. The molecule has 0 spiro atoms. The summed E-state index contributed by atoms with van der Waals surface area (Å²) in [4.78, 5) is 11.7. The Balaban J connectivity index is 2.49. The van der Waals surface area contributed by atoms with Gasteiger partial charge in [0.25, 0.3) is 0 Å². The van der Waals surface area contributed by atoms with E-state index in [-0.39, 0.29) is 23.8 Å². The molecule has 0 bridgehead atoms. The SMILES string of the molecule is CCCC(N)CC(=O)N[C@@H](C)c1cccc(F)c1. The van der Waals surface area contributed by atoms with Gasteiger partial charge in [-0.1, -0.05) is 25.5 Å². The van der Waals surface area contributed by atoms with Crippen LogP contribution in [0.5, 0.6) is 0 Å². The Kier molecular flexibility index (Phi) is 5.78. The lowest BCUT2D eigenvalue weighted by Crippen LogP contribution is -2.33. The van der Waals surface area contributed by atoms with E-state index in [9.17, 15) is 9.18 Å². The summed E-state index contributed by atoms with van der Waals surface area (Å²) in [5, 5.41) is 2.83. The van der Waals surface area contributed by atoms with E-state index in [0.29, 0.717) is 6.42 Å². The molecular formula is C14H21FN2O. The van der Waals surface area contributed by atoms with E-state index in [1.165, 1.54) is 12.1 Å². The Morgan fingerprint density at radius 3 is 2.83 bits per heavy atom. The number of hydrogen-bond donors (Lipinski definition) is 2. The van der Waals surface area contributed by atoms with Crippen LogP contribution in [0, 0.1) is 5.82 Å². The number of carbonyl (C=O) groups is 1. The Bertz CT molecular complexity index is 395. The number of hydrogen-bond acceptors (Lipinski definition) is 2. The van der Waals surface area contributed by atoms with Crippen molar-refractivity contribution in [2.24, 2.45) is 5.73 Å². The van der Waals surface area contributed by atoms with Crippen molar-refractivity contribution in [3.8, 4) is 0 Å². The molecular weight excluding hydrogens is 231 g/mol. The Labute approximate surface area is 108 Å². The fourth-order valence-corrected chi connectivity index (χ4v) is 1.87. The van der Waals surface area contributed by atoms with Crippen LogP contribution in [0.3, 0.4) is 0 Å². The van der Waals surface area contributed by atoms with Crippen molar-refractivity contribution >= 4 is 5.91 Å². The first-order valence-electron chi connectivity index (χ1n) is 6.33. The zero-order valence-electron chi connectivity index (χ0n) is 10.9. The molecule has 3 nitrogen and oxygen atoms in total. The fourth-order valence-electron chi connectivity index (χ4n) is 1.87. The number of benzene rings is 1. The van der Waals surface area contributed by atoms with Gasteiger partial charge in [-0.05, 0) is 31.0 Å². The number of nitrogens with two attached hydrogens (primary N) is 1. The van der Waals surface area contributed by atoms with Gasteiger partial charge in [-0.3, -0.25) is 4.79 Å². The third-order valence-corrected chi connectivity index (χ3v) is 2.83. The Morgan fingerprint density at radius 1 is 1.50 bits per heavy atom. The standard InChI is InChI=1S/C14H21FN2O/c1-3-5-13(16)9-14(18)17-10(2)11-6-4-7-12(15)8-11/h4,6-8,10,13H,3,5,9,16H2,1-2H3,(H,17,18)/t10-,13?/m0/s1. The summed E-state index contributed by atoms with van der Waals surface area (Å²) in [6, 6.07) is 5.93. The highest BCUT2D eigenvalue weighted by atomic mass is 19.1. The zero-order valence-corrected chi connectivity index (χ0v) is 10.9. The molecule has 1 amide bonds. The molecule has 1 aromatic rings. The smallest absolute Gasteiger partial charge is 0.222 e. The van der Waals surface area contributed by atoms with Crippen LogP contribution in [0.1, 0.15) is 44.7 Å². The molecule has 1 unspecified atom stereocenters. The minimum absolute atomic E-state index is 0.0901. The lowest BCUT2D eigenvalue weighted by atomic mass is 10.1. The second-order valence-corrected chi connectivity index (χ2v) is 4.60. The minimum atomic E-state index is -0.295. The van der Waals surface area contributed by atoms with E-state index >= 15 is 0 Å². The molecule has 0 heterocycles. The highest BCUT2D eigenvalue weighted by Crippen LogP contribution is 2.13. The molecule has 18 heavy (non-hydrogen) atoms. The van der Waals surface area contributed by atoms with Gasteiger partial charge in [0.15, 0.2) is 0 Å². The molecule has 0 fully saturated rings. The largest absolute Gasteiger partial charge is 0.350 e. The molecule has 0 aromatic heterocycles.